The molecule has 2 N–H and O–H groups in total. The quantitative estimate of drug-likeness (QED) is 0.689. The summed E-state index contributed by atoms with van der Waals surface area (Å²) in [5, 5.41) is 6.37. The van der Waals surface area contributed by atoms with Crippen LogP contribution in [0.2, 0.25) is 5.02 Å². The monoisotopic (exact) mass is 409 g/mol. The fourth-order valence-electron chi connectivity index (χ4n) is 2.67. The van der Waals surface area contributed by atoms with E-state index in [0.29, 0.717) is 41.6 Å². The molecule has 2 rings (SSSR count). The molecule has 0 unspecified atom stereocenters. The first-order valence-electron chi connectivity index (χ1n) is 8.78. The average molecular weight is 410 g/mol. The largest absolute Gasteiger partial charge is 0.384 e. The van der Waals surface area contributed by atoms with Crippen LogP contribution in [0.1, 0.15) is 31.1 Å². The van der Waals surface area contributed by atoms with Gasteiger partial charge in [0.1, 0.15) is 0 Å². The molecule has 8 heteroatoms. The zero-order valence-electron chi connectivity index (χ0n) is 15.6. The molecular weight excluding hydrogens is 386 g/mol. The van der Waals surface area contributed by atoms with Crippen LogP contribution in [0.3, 0.4) is 0 Å². The van der Waals surface area contributed by atoms with Crippen LogP contribution in [0.5, 0.6) is 0 Å². The Kier molecular flexibility index (Phi) is 7.24. The minimum Gasteiger partial charge on any atom is -0.384 e. The molecule has 0 aliphatic carbocycles. The summed E-state index contributed by atoms with van der Waals surface area (Å²) < 4.78 is 27.0. The number of halogens is 1. The number of hydrogen-bond acceptors (Lipinski definition) is 4. The summed E-state index contributed by atoms with van der Waals surface area (Å²) in [6, 6.07) is 11.2. The van der Waals surface area contributed by atoms with E-state index in [9.17, 15) is 13.2 Å². The Hall–Kier alpha value is -2.09. The molecule has 0 atom stereocenters. The van der Waals surface area contributed by atoms with Crippen molar-refractivity contribution in [1.29, 1.82) is 0 Å². The van der Waals surface area contributed by atoms with E-state index in [2.05, 4.69) is 10.6 Å². The van der Waals surface area contributed by atoms with Gasteiger partial charge in [-0.3, -0.25) is 4.79 Å². The standard InChI is InChI=1S/C19H24ClN3O3S/c1-4-21-17-11-10-16(27(25,26)23(5-2)6-3)13-18(17)22-19(24)14-8-7-9-15(20)12-14/h7-13,21H,4-6H2,1-3H3,(H,22,24). The Morgan fingerprint density at radius 2 is 1.74 bits per heavy atom. The maximum absolute atomic E-state index is 12.8. The summed E-state index contributed by atoms with van der Waals surface area (Å²) in [4.78, 5) is 12.7. The molecule has 0 heterocycles. The van der Waals surface area contributed by atoms with Gasteiger partial charge in [0, 0.05) is 30.2 Å². The zero-order valence-corrected chi connectivity index (χ0v) is 17.2. The number of sulfonamides is 1. The maximum Gasteiger partial charge on any atom is 0.255 e. The van der Waals surface area contributed by atoms with Crippen LogP contribution in [0, 0.1) is 0 Å². The second-order valence-corrected chi connectivity index (χ2v) is 8.17. The van der Waals surface area contributed by atoms with E-state index in [1.54, 1.807) is 50.2 Å². The van der Waals surface area contributed by atoms with E-state index >= 15 is 0 Å². The molecule has 0 saturated carbocycles. The van der Waals surface area contributed by atoms with Crippen molar-refractivity contribution in [2.75, 3.05) is 30.3 Å². The predicted octanol–water partition coefficient (Wildman–Crippen LogP) is 4.05. The van der Waals surface area contributed by atoms with Crippen molar-refractivity contribution in [2.24, 2.45) is 0 Å². The van der Waals surface area contributed by atoms with Gasteiger partial charge in [-0.2, -0.15) is 4.31 Å². The smallest absolute Gasteiger partial charge is 0.255 e. The maximum atomic E-state index is 12.8. The number of benzene rings is 2. The third kappa shape index (κ3) is 5.00. The SMILES string of the molecule is CCNc1ccc(S(=O)(=O)N(CC)CC)cc1NC(=O)c1cccc(Cl)c1. The Bertz CT molecular complexity index is 912. The molecule has 0 spiro atoms. The summed E-state index contributed by atoms with van der Waals surface area (Å²) in [6.45, 7) is 6.87. The molecule has 0 radical (unpaired) electrons. The molecule has 0 aliphatic rings. The van der Waals surface area contributed by atoms with Gasteiger partial charge in [0.25, 0.3) is 5.91 Å². The Balaban J connectivity index is 2.42. The van der Waals surface area contributed by atoms with Crippen molar-refractivity contribution in [3.05, 3.63) is 53.1 Å². The lowest BCUT2D eigenvalue weighted by atomic mass is 10.2. The molecule has 2 aromatic carbocycles. The van der Waals surface area contributed by atoms with Crippen LogP contribution in [-0.2, 0) is 10.0 Å². The van der Waals surface area contributed by atoms with Crippen molar-refractivity contribution in [2.45, 2.75) is 25.7 Å². The molecule has 0 fully saturated rings. The number of hydrogen-bond donors (Lipinski definition) is 2. The van der Waals surface area contributed by atoms with Gasteiger partial charge in [-0.15, -0.1) is 0 Å². The second-order valence-electron chi connectivity index (χ2n) is 5.79. The number of carbonyl (C=O) groups excluding carboxylic acids is 1. The van der Waals surface area contributed by atoms with Crippen molar-refractivity contribution in [3.63, 3.8) is 0 Å². The lowest BCUT2D eigenvalue weighted by Gasteiger charge is -2.20. The minimum absolute atomic E-state index is 0.134. The van der Waals surface area contributed by atoms with Crippen LogP contribution in [0.4, 0.5) is 11.4 Å². The van der Waals surface area contributed by atoms with Crippen LogP contribution in [-0.4, -0.2) is 38.3 Å². The van der Waals surface area contributed by atoms with Gasteiger partial charge in [-0.05, 0) is 43.3 Å². The topological polar surface area (TPSA) is 78.5 Å². The highest BCUT2D eigenvalue weighted by Gasteiger charge is 2.23. The molecule has 6 nitrogen and oxygen atoms in total. The first-order valence-corrected chi connectivity index (χ1v) is 10.6. The van der Waals surface area contributed by atoms with Gasteiger partial charge in [0.15, 0.2) is 0 Å². The van der Waals surface area contributed by atoms with Gasteiger partial charge in [0.05, 0.1) is 16.3 Å². The number of nitrogens with one attached hydrogen (secondary N) is 2. The lowest BCUT2D eigenvalue weighted by molar-refractivity contribution is 0.102. The van der Waals surface area contributed by atoms with E-state index < -0.39 is 10.0 Å². The van der Waals surface area contributed by atoms with Crippen molar-refractivity contribution in [3.8, 4) is 0 Å². The van der Waals surface area contributed by atoms with Gasteiger partial charge in [-0.25, -0.2) is 8.42 Å². The highest BCUT2D eigenvalue weighted by atomic mass is 35.5. The van der Waals surface area contributed by atoms with E-state index in [1.807, 2.05) is 6.92 Å². The molecule has 0 bridgehead atoms. The number of anilines is 2. The minimum atomic E-state index is -3.63. The third-order valence-electron chi connectivity index (χ3n) is 4.04. The summed E-state index contributed by atoms with van der Waals surface area (Å²) in [7, 11) is -3.63. The fourth-order valence-corrected chi connectivity index (χ4v) is 4.34. The predicted molar refractivity (Wildman–Crippen MR) is 110 cm³/mol. The Labute approximate surface area is 165 Å². The number of rotatable bonds is 8. The summed E-state index contributed by atoms with van der Waals surface area (Å²) in [5.41, 5.74) is 1.43. The first-order chi connectivity index (χ1) is 12.8. The summed E-state index contributed by atoms with van der Waals surface area (Å²) in [5.74, 6) is -0.367. The fraction of sp³-hybridized carbons (Fsp3) is 0.316. The molecular formula is C19H24ClN3O3S. The lowest BCUT2D eigenvalue weighted by Crippen LogP contribution is -2.30. The summed E-state index contributed by atoms with van der Waals surface area (Å²) in [6.07, 6.45) is 0. The zero-order chi connectivity index (χ0) is 20.0. The van der Waals surface area contributed by atoms with E-state index in [-0.39, 0.29) is 10.8 Å². The number of carbonyl (C=O) groups is 1. The highest BCUT2D eigenvalue weighted by molar-refractivity contribution is 7.89. The van der Waals surface area contributed by atoms with Gasteiger partial charge < -0.3 is 10.6 Å². The molecule has 0 aromatic heterocycles. The highest BCUT2D eigenvalue weighted by Crippen LogP contribution is 2.28. The van der Waals surface area contributed by atoms with E-state index in [4.69, 9.17) is 11.6 Å². The average Bonchev–Trinajstić information content (AvgIpc) is 2.64. The van der Waals surface area contributed by atoms with Crippen LogP contribution >= 0.6 is 11.6 Å². The van der Waals surface area contributed by atoms with Gasteiger partial charge >= 0.3 is 0 Å². The van der Waals surface area contributed by atoms with E-state index in [1.165, 1.54) is 10.4 Å². The molecule has 27 heavy (non-hydrogen) atoms. The first kappa shape index (κ1) is 21.2. The van der Waals surface area contributed by atoms with E-state index in [0.717, 1.165) is 0 Å². The van der Waals surface area contributed by atoms with Crippen molar-refractivity contribution < 1.29 is 13.2 Å². The molecule has 146 valence electrons. The number of nitrogens with zero attached hydrogens (tertiary/aromatic N) is 1. The molecule has 0 saturated heterocycles. The Morgan fingerprint density at radius 1 is 1.04 bits per heavy atom. The molecule has 2 aromatic rings. The Morgan fingerprint density at radius 3 is 2.33 bits per heavy atom. The van der Waals surface area contributed by atoms with Gasteiger partial charge in [-0.1, -0.05) is 31.5 Å². The van der Waals surface area contributed by atoms with Crippen molar-refractivity contribution in [1.82, 2.24) is 4.31 Å². The third-order valence-corrected chi connectivity index (χ3v) is 6.32. The number of amides is 1. The second kappa shape index (κ2) is 9.21. The molecule has 0 aliphatic heterocycles. The normalized spacial score (nSPS) is 11.4. The van der Waals surface area contributed by atoms with Crippen molar-refractivity contribution >= 4 is 38.9 Å². The molecule has 1 amide bonds. The van der Waals surface area contributed by atoms with Crippen LogP contribution < -0.4 is 10.6 Å². The summed E-state index contributed by atoms with van der Waals surface area (Å²) >= 11 is 5.95. The van der Waals surface area contributed by atoms with Crippen LogP contribution in [0.15, 0.2) is 47.4 Å². The van der Waals surface area contributed by atoms with Gasteiger partial charge in [0.2, 0.25) is 10.0 Å². The van der Waals surface area contributed by atoms with Crippen LogP contribution in [0.25, 0.3) is 0 Å².